The number of hydrogen-bond acceptors (Lipinski definition) is 1. The third-order valence-electron chi connectivity index (χ3n) is 3.90. The van der Waals surface area contributed by atoms with Crippen molar-refractivity contribution in [3.8, 4) is 0 Å². The maximum absolute atomic E-state index is 11.8. The molecule has 0 aromatic heterocycles. The topological polar surface area (TPSA) is 17.1 Å². The molecule has 2 saturated carbocycles. The summed E-state index contributed by atoms with van der Waals surface area (Å²) in [7, 11) is -1.24. The quantitative estimate of drug-likeness (QED) is 0.477. The molecule has 2 aliphatic carbocycles. The van der Waals surface area contributed by atoms with E-state index in [-0.39, 0.29) is 0 Å². The van der Waals surface area contributed by atoms with Crippen molar-refractivity contribution in [2.75, 3.05) is 0 Å². The van der Waals surface area contributed by atoms with Gasteiger partial charge in [0, 0.05) is 12.3 Å². The first kappa shape index (κ1) is 10.2. The molecule has 2 rings (SSSR count). The van der Waals surface area contributed by atoms with E-state index in [1.54, 1.807) is 0 Å². The third-order valence-corrected chi connectivity index (χ3v) is 6.53. The Morgan fingerprint density at radius 3 is 2.57 bits per heavy atom. The molecule has 0 aromatic rings. The summed E-state index contributed by atoms with van der Waals surface area (Å²) in [5.41, 5.74) is 1.95. The average Bonchev–Trinajstić information content (AvgIpc) is 2.49. The maximum atomic E-state index is 11.8. The Morgan fingerprint density at radius 1 is 1.36 bits per heavy atom. The minimum Gasteiger partial charge on any atom is -0.299 e. The van der Waals surface area contributed by atoms with Crippen molar-refractivity contribution in [3.05, 3.63) is 12.2 Å². The lowest BCUT2D eigenvalue weighted by Crippen LogP contribution is -2.34. The number of carbonyl (C=O) groups is 1. The average molecular weight is 208 g/mol. The normalized spacial score (nSPS) is 37.8. The van der Waals surface area contributed by atoms with Gasteiger partial charge in [-0.05, 0) is 24.3 Å². The Kier molecular flexibility index (Phi) is 2.22. The van der Waals surface area contributed by atoms with Crippen LogP contribution in [0.5, 0.6) is 0 Å². The van der Waals surface area contributed by atoms with Gasteiger partial charge in [-0.2, -0.15) is 0 Å². The van der Waals surface area contributed by atoms with Crippen molar-refractivity contribution in [2.45, 2.75) is 44.4 Å². The van der Waals surface area contributed by atoms with Gasteiger partial charge in [-0.1, -0.05) is 31.8 Å². The van der Waals surface area contributed by atoms with Crippen LogP contribution in [0.2, 0.25) is 25.2 Å². The van der Waals surface area contributed by atoms with Crippen LogP contribution < -0.4 is 0 Å². The summed E-state index contributed by atoms with van der Waals surface area (Å²) in [6.45, 7) is 11.3. The van der Waals surface area contributed by atoms with E-state index in [1.165, 1.54) is 5.57 Å². The van der Waals surface area contributed by atoms with Crippen LogP contribution in [0.4, 0.5) is 0 Å². The van der Waals surface area contributed by atoms with Crippen molar-refractivity contribution in [1.29, 1.82) is 0 Å². The fourth-order valence-corrected chi connectivity index (χ4v) is 6.37. The molecule has 2 fully saturated rings. The molecule has 0 aromatic carbocycles. The standard InChI is InChI=1S/C12H20OSi/c1-8-7-9-5-6-10(13)11(9)12(8)14(2,3)4/h9,11-12H,1,5-7H2,2-4H3/t9-,11+,12+/m0/s1. The molecule has 2 aliphatic rings. The summed E-state index contributed by atoms with van der Waals surface area (Å²) in [5.74, 6) is 1.56. The zero-order chi connectivity index (χ0) is 10.5. The van der Waals surface area contributed by atoms with Gasteiger partial charge in [0.25, 0.3) is 0 Å². The first-order valence-electron chi connectivity index (χ1n) is 5.61. The van der Waals surface area contributed by atoms with Gasteiger partial charge >= 0.3 is 0 Å². The van der Waals surface area contributed by atoms with E-state index in [0.29, 0.717) is 23.2 Å². The van der Waals surface area contributed by atoms with Gasteiger partial charge in [-0.25, -0.2) is 0 Å². The van der Waals surface area contributed by atoms with Crippen LogP contribution in [0.1, 0.15) is 19.3 Å². The van der Waals surface area contributed by atoms with E-state index in [9.17, 15) is 4.79 Å². The molecule has 0 bridgehead atoms. The first-order valence-corrected chi connectivity index (χ1v) is 9.19. The summed E-state index contributed by atoms with van der Waals surface area (Å²) < 4.78 is 0. The second kappa shape index (κ2) is 3.06. The van der Waals surface area contributed by atoms with Crippen LogP contribution in [0.15, 0.2) is 12.2 Å². The molecule has 14 heavy (non-hydrogen) atoms. The van der Waals surface area contributed by atoms with Crippen molar-refractivity contribution in [2.24, 2.45) is 11.8 Å². The molecule has 1 nitrogen and oxygen atoms in total. The van der Waals surface area contributed by atoms with E-state index in [4.69, 9.17) is 0 Å². The number of ketones is 1. The van der Waals surface area contributed by atoms with Crippen molar-refractivity contribution >= 4 is 13.9 Å². The minimum absolute atomic E-state index is 0.370. The van der Waals surface area contributed by atoms with Gasteiger partial charge in [0.05, 0.1) is 8.07 Å². The molecule has 0 saturated heterocycles. The molecular weight excluding hydrogens is 188 g/mol. The van der Waals surface area contributed by atoms with Crippen LogP contribution in [0.3, 0.4) is 0 Å². The highest BCUT2D eigenvalue weighted by molar-refractivity contribution is 6.78. The molecule has 0 amide bonds. The van der Waals surface area contributed by atoms with Gasteiger partial charge in [-0.3, -0.25) is 4.79 Å². The van der Waals surface area contributed by atoms with Gasteiger partial charge in [0.1, 0.15) is 5.78 Å². The van der Waals surface area contributed by atoms with Crippen molar-refractivity contribution in [1.82, 2.24) is 0 Å². The molecule has 0 unspecified atom stereocenters. The van der Waals surface area contributed by atoms with Crippen LogP contribution >= 0.6 is 0 Å². The number of carbonyl (C=O) groups excluding carboxylic acids is 1. The van der Waals surface area contributed by atoms with E-state index >= 15 is 0 Å². The number of hydrogen-bond donors (Lipinski definition) is 0. The highest BCUT2D eigenvalue weighted by Gasteiger charge is 2.50. The largest absolute Gasteiger partial charge is 0.299 e. The summed E-state index contributed by atoms with van der Waals surface area (Å²) >= 11 is 0. The molecule has 2 heteroatoms. The zero-order valence-corrected chi connectivity index (χ0v) is 10.5. The predicted molar refractivity (Wildman–Crippen MR) is 62.1 cm³/mol. The zero-order valence-electron chi connectivity index (χ0n) is 9.47. The minimum atomic E-state index is -1.24. The third kappa shape index (κ3) is 1.40. The Bertz CT molecular complexity index is 287. The lowest BCUT2D eigenvalue weighted by atomic mass is 10.00. The van der Waals surface area contributed by atoms with Gasteiger partial charge in [-0.15, -0.1) is 0 Å². The summed E-state index contributed by atoms with van der Waals surface area (Å²) in [4.78, 5) is 11.8. The SMILES string of the molecule is C=C1C[C@@H]2CCC(=O)[C@@H]2[C@@H]1[Si](C)(C)C. The van der Waals surface area contributed by atoms with Gasteiger partial charge < -0.3 is 0 Å². The second-order valence-electron chi connectivity index (χ2n) is 6.00. The fraction of sp³-hybridized carbons (Fsp3) is 0.750. The van der Waals surface area contributed by atoms with E-state index in [1.807, 2.05) is 0 Å². The molecule has 0 heterocycles. The van der Waals surface area contributed by atoms with Crippen LogP contribution in [-0.2, 0) is 4.79 Å². The summed E-state index contributed by atoms with van der Waals surface area (Å²) in [5, 5.41) is 0. The summed E-state index contributed by atoms with van der Waals surface area (Å²) in [6.07, 6.45) is 3.10. The van der Waals surface area contributed by atoms with E-state index < -0.39 is 8.07 Å². The number of Topliss-reactive ketones (excluding diaryl/α,β-unsaturated/α-hetero) is 1. The number of fused-ring (bicyclic) bond motifs is 1. The number of allylic oxidation sites excluding steroid dienone is 1. The lowest BCUT2D eigenvalue weighted by molar-refractivity contribution is -0.120. The Morgan fingerprint density at radius 2 is 2.00 bits per heavy atom. The second-order valence-corrected chi connectivity index (χ2v) is 11.4. The van der Waals surface area contributed by atoms with Crippen molar-refractivity contribution in [3.63, 3.8) is 0 Å². The summed E-state index contributed by atoms with van der Waals surface area (Å²) in [6, 6.07) is 0. The van der Waals surface area contributed by atoms with Crippen molar-refractivity contribution < 1.29 is 4.79 Å². The molecule has 0 aliphatic heterocycles. The monoisotopic (exact) mass is 208 g/mol. The highest BCUT2D eigenvalue weighted by atomic mass is 28.3. The lowest BCUT2D eigenvalue weighted by Gasteiger charge is -2.30. The molecule has 0 spiro atoms. The van der Waals surface area contributed by atoms with Crippen LogP contribution in [0.25, 0.3) is 0 Å². The molecule has 0 N–H and O–H groups in total. The Hall–Kier alpha value is -0.373. The van der Waals surface area contributed by atoms with Gasteiger partial charge in [0.15, 0.2) is 0 Å². The van der Waals surface area contributed by atoms with E-state index in [2.05, 4.69) is 26.2 Å². The highest BCUT2D eigenvalue weighted by Crippen LogP contribution is 2.54. The first-order chi connectivity index (χ1) is 6.41. The van der Waals surface area contributed by atoms with Crippen LogP contribution in [-0.4, -0.2) is 13.9 Å². The molecule has 3 atom stereocenters. The Labute approximate surface area is 87.6 Å². The van der Waals surface area contributed by atoms with Gasteiger partial charge in [0.2, 0.25) is 0 Å². The van der Waals surface area contributed by atoms with E-state index in [0.717, 1.165) is 19.3 Å². The molecular formula is C12H20OSi. The maximum Gasteiger partial charge on any atom is 0.136 e. The molecule has 0 radical (unpaired) electrons. The fourth-order valence-electron chi connectivity index (χ4n) is 3.49. The predicted octanol–water partition coefficient (Wildman–Crippen LogP) is 3.25. The number of rotatable bonds is 1. The molecule has 78 valence electrons. The Balaban J connectivity index is 2.31. The van der Waals surface area contributed by atoms with Crippen LogP contribution in [0, 0.1) is 11.8 Å². The smallest absolute Gasteiger partial charge is 0.136 e.